The topological polar surface area (TPSA) is 15.7 Å². The minimum Gasteiger partial charge on any atom is -0.376 e. The van der Waals surface area contributed by atoms with E-state index < -0.39 is 0 Å². The van der Waals surface area contributed by atoms with Crippen LogP contribution in [-0.2, 0) is 4.74 Å². The molecule has 0 aromatic rings. The highest BCUT2D eigenvalue weighted by Crippen LogP contribution is 2.12. The average molecular weight is 303 g/mol. The lowest BCUT2D eigenvalue weighted by Gasteiger charge is -2.34. The standard InChI is InChI=1S/C16H34N2OS/c1-14(2)12-17(4)9-7-16-13-18(10-11-19-16)8-5-6-15(3)20/h14-16,20H,5-13H2,1-4H3/t15?,16-/m1/s1. The van der Waals surface area contributed by atoms with Gasteiger partial charge in [0, 0.05) is 26.2 Å². The number of thiol groups is 1. The molecule has 1 aliphatic heterocycles. The van der Waals surface area contributed by atoms with Gasteiger partial charge in [-0.1, -0.05) is 20.8 Å². The molecule has 1 heterocycles. The van der Waals surface area contributed by atoms with Crippen LogP contribution in [0.4, 0.5) is 0 Å². The second-order valence-corrected chi connectivity index (χ2v) is 7.61. The molecule has 0 radical (unpaired) electrons. The number of rotatable bonds is 9. The minimum absolute atomic E-state index is 0.423. The van der Waals surface area contributed by atoms with Gasteiger partial charge < -0.3 is 9.64 Å². The summed E-state index contributed by atoms with van der Waals surface area (Å²) in [5.41, 5.74) is 0. The van der Waals surface area contributed by atoms with Crippen LogP contribution in [0.2, 0.25) is 0 Å². The molecule has 0 spiro atoms. The maximum Gasteiger partial charge on any atom is 0.0714 e. The van der Waals surface area contributed by atoms with Crippen molar-refractivity contribution in [1.29, 1.82) is 0 Å². The molecule has 0 aliphatic carbocycles. The van der Waals surface area contributed by atoms with Crippen LogP contribution in [0.25, 0.3) is 0 Å². The van der Waals surface area contributed by atoms with E-state index in [1.54, 1.807) is 0 Å². The SMILES string of the molecule is CC(C)CN(C)CC[C@@H]1CN(CCCC(C)S)CCO1. The number of hydrogen-bond acceptors (Lipinski definition) is 4. The van der Waals surface area contributed by atoms with Crippen molar-refractivity contribution in [2.75, 3.05) is 46.4 Å². The van der Waals surface area contributed by atoms with E-state index in [-0.39, 0.29) is 0 Å². The normalized spacial score (nSPS) is 22.6. The van der Waals surface area contributed by atoms with Gasteiger partial charge in [0.25, 0.3) is 0 Å². The summed E-state index contributed by atoms with van der Waals surface area (Å²) in [5.74, 6) is 0.743. The molecule has 2 atom stereocenters. The summed E-state index contributed by atoms with van der Waals surface area (Å²) in [7, 11) is 2.22. The van der Waals surface area contributed by atoms with Crippen molar-refractivity contribution >= 4 is 12.6 Å². The van der Waals surface area contributed by atoms with Crippen molar-refractivity contribution in [3.63, 3.8) is 0 Å². The molecule has 0 bridgehead atoms. The minimum atomic E-state index is 0.423. The molecule has 1 rings (SSSR count). The van der Waals surface area contributed by atoms with Gasteiger partial charge in [-0.3, -0.25) is 4.90 Å². The van der Waals surface area contributed by atoms with Crippen molar-refractivity contribution < 1.29 is 4.74 Å². The second kappa shape index (κ2) is 10.0. The highest BCUT2D eigenvalue weighted by molar-refractivity contribution is 7.80. The quantitative estimate of drug-likeness (QED) is 0.660. The zero-order valence-electron chi connectivity index (χ0n) is 13.8. The maximum absolute atomic E-state index is 5.91. The molecule has 1 unspecified atom stereocenters. The van der Waals surface area contributed by atoms with Gasteiger partial charge in [-0.15, -0.1) is 0 Å². The van der Waals surface area contributed by atoms with Gasteiger partial charge >= 0.3 is 0 Å². The van der Waals surface area contributed by atoms with Gasteiger partial charge in [-0.2, -0.15) is 12.6 Å². The lowest BCUT2D eigenvalue weighted by Crippen LogP contribution is -2.44. The summed E-state index contributed by atoms with van der Waals surface area (Å²) < 4.78 is 5.91. The van der Waals surface area contributed by atoms with E-state index in [9.17, 15) is 0 Å². The van der Waals surface area contributed by atoms with E-state index in [1.165, 1.54) is 25.9 Å². The fourth-order valence-electron chi connectivity index (χ4n) is 2.85. The van der Waals surface area contributed by atoms with Crippen LogP contribution in [-0.4, -0.2) is 67.5 Å². The van der Waals surface area contributed by atoms with E-state index in [0.29, 0.717) is 11.4 Å². The smallest absolute Gasteiger partial charge is 0.0714 e. The molecule has 0 N–H and O–H groups in total. The summed E-state index contributed by atoms with van der Waals surface area (Å²) in [6.07, 6.45) is 4.04. The first-order valence-electron chi connectivity index (χ1n) is 8.18. The Kier molecular flexibility index (Phi) is 9.18. The molecular formula is C16H34N2OS. The van der Waals surface area contributed by atoms with Crippen LogP contribution in [0.15, 0.2) is 0 Å². The molecule has 20 heavy (non-hydrogen) atoms. The van der Waals surface area contributed by atoms with E-state index in [0.717, 1.165) is 38.6 Å². The molecular weight excluding hydrogens is 268 g/mol. The fraction of sp³-hybridized carbons (Fsp3) is 1.00. The van der Waals surface area contributed by atoms with Gasteiger partial charge in [-0.05, 0) is 44.0 Å². The summed E-state index contributed by atoms with van der Waals surface area (Å²) in [5, 5.41) is 0.525. The van der Waals surface area contributed by atoms with Crippen LogP contribution in [0.5, 0.6) is 0 Å². The molecule has 0 aromatic heterocycles. The van der Waals surface area contributed by atoms with Gasteiger partial charge in [0.05, 0.1) is 12.7 Å². The van der Waals surface area contributed by atoms with E-state index in [4.69, 9.17) is 4.74 Å². The monoisotopic (exact) mass is 302 g/mol. The first-order chi connectivity index (χ1) is 9.47. The molecule has 3 nitrogen and oxygen atoms in total. The largest absolute Gasteiger partial charge is 0.376 e. The Hall–Kier alpha value is 0.230. The van der Waals surface area contributed by atoms with Crippen molar-refractivity contribution in [2.24, 2.45) is 5.92 Å². The first kappa shape index (κ1) is 18.3. The predicted octanol–water partition coefficient (Wildman–Crippen LogP) is 2.76. The molecule has 0 aromatic carbocycles. The summed E-state index contributed by atoms with van der Waals surface area (Å²) in [6, 6.07) is 0. The third-order valence-electron chi connectivity index (χ3n) is 3.83. The van der Waals surface area contributed by atoms with E-state index in [1.807, 2.05) is 0 Å². The zero-order valence-corrected chi connectivity index (χ0v) is 14.7. The third kappa shape index (κ3) is 8.50. The Bertz CT molecular complexity index is 249. The Morgan fingerprint density at radius 3 is 2.75 bits per heavy atom. The summed E-state index contributed by atoms with van der Waals surface area (Å²) in [6.45, 7) is 13.4. The van der Waals surface area contributed by atoms with Gasteiger partial charge in [-0.25, -0.2) is 0 Å². The Morgan fingerprint density at radius 2 is 2.10 bits per heavy atom. The van der Waals surface area contributed by atoms with E-state index in [2.05, 4.69) is 50.2 Å². The number of morpholine rings is 1. The van der Waals surface area contributed by atoms with Gasteiger partial charge in [0.15, 0.2) is 0 Å². The highest BCUT2D eigenvalue weighted by atomic mass is 32.1. The molecule has 120 valence electrons. The van der Waals surface area contributed by atoms with Crippen LogP contribution in [0, 0.1) is 5.92 Å². The molecule has 4 heteroatoms. The van der Waals surface area contributed by atoms with Crippen molar-refractivity contribution in [3.8, 4) is 0 Å². The van der Waals surface area contributed by atoms with Crippen molar-refractivity contribution in [3.05, 3.63) is 0 Å². The highest BCUT2D eigenvalue weighted by Gasteiger charge is 2.20. The Balaban J connectivity index is 2.16. The van der Waals surface area contributed by atoms with Crippen LogP contribution in [0.3, 0.4) is 0 Å². The first-order valence-corrected chi connectivity index (χ1v) is 8.69. The lowest BCUT2D eigenvalue weighted by molar-refractivity contribution is -0.0354. The Morgan fingerprint density at radius 1 is 1.35 bits per heavy atom. The number of nitrogens with zero attached hydrogens (tertiary/aromatic N) is 2. The Labute approximate surface area is 131 Å². The lowest BCUT2D eigenvalue weighted by atomic mass is 10.1. The van der Waals surface area contributed by atoms with Crippen molar-refractivity contribution in [2.45, 2.75) is 51.4 Å². The van der Waals surface area contributed by atoms with Crippen LogP contribution in [0.1, 0.15) is 40.0 Å². The third-order valence-corrected chi connectivity index (χ3v) is 4.09. The van der Waals surface area contributed by atoms with Crippen LogP contribution < -0.4 is 0 Å². The van der Waals surface area contributed by atoms with E-state index >= 15 is 0 Å². The summed E-state index contributed by atoms with van der Waals surface area (Å²) in [4.78, 5) is 4.99. The maximum atomic E-state index is 5.91. The second-order valence-electron chi connectivity index (χ2n) is 6.73. The van der Waals surface area contributed by atoms with Crippen LogP contribution >= 0.6 is 12.6 Å². The molecule has 1 saturated heterocycles. The number of hydrogen-bond donors (Lipinski definition) is 1. The van der Waals surface area contributed by atoms with Gasteiger partial charge in [0.2, 0.25) is 0 Å². The fourth-order valence-corrected chi connectivity index (χ4v) is 3.03. The average Bonchev–Trinajstić information content (AvgIpc) is 2.36. The molecule has 0 amide bonds. The zero-order chi connectivity index (χ0) is 15.0. The van der Waals surface area contributed by atoms with Crippen molar-refractivity contribution in [1.82, 2.24) is 9.80 Å². The van der Waals surface area contributed by atoms with Gasteiger partial charge in [0.1, 0.15) is 0 Å². The molecule has 1 aliphatic rings. The number of ether oxygens (including phenoxy) is 1. The predicted molar refractivity (Wildman–Crippen MR) is 90.8 cm³/mol. The molecule has 0 saturated carbocycles. The molecule has 1 fully saturated rings. The summed E-state index contributed by atoms with van der Waals surface area (Å²) >= 11 is 4.45.